The molecule has 1 atom stereocenters. The molecule has 2 amide bonds. The largest absolute Gasteiger partial charge is 0.449 e. The molecule has 0 fully saturated rings. The smallest absolute Gasteiger partial charge is 0.342 e. The number of carbonyl (C=O) groups excluding carboxylic acids is 3. The van der Waals surface area contributed by atoms with E-state index in [0.29, 0.717) is 10.7 Å². The molecule has 0 bridgehead atoms. The van der Waals surface area contributed by atoms with E-state index in [2.05, 4.69) is 10.6 Å². The molecule has 26 heavy (non-hydrogen) atoms. The summed E-state index contributed by atoms with van der Waals surface area (Å²) in [4.78, 5) is 37.1. The number of benzene rings is 1. The van der Waals surface area contributed by atoms with Gasteiger partial charge in [-0.3, -0.25) is 9.59 Å². The highest BCUT2D eigenvalue weighted by molar-refractivity contribution is 7.16. The summed E-state index contributed by atoms with van der Waals surface area (Å²) in [5, 5.41) is 5.80. The van der Waals surface area contributed by atoms with Crippen molar-refractivity contribution >= 4 is 39.8 Å². The average Bonchev–Trinajstić information content (AvgIpc) is 2.80. The third kappa shape index (κ3) is 4.70. The lowest BCUT2D eigenvalue weighted by Gasteiger charge is -2.14. The van der Waals surface area contributed by atoms with Crippen LogP contribution in [0.5, 0.6) is 0 Å². The fourth-order valence-electron chi connectivity index (χ4n) is 2.36. The van der Waals surface area contributed by atoms with E-state index in [0.717, 1.165) is 16.0 Å². The highest BCUT2D eigenvalue weighted by atomic mass is 32.1. The Balaban J connectivity index is 2.11. The Labute approximate surface area is 156 Å². The van der Waals surface area contributed by atoms with Gasteiger partial charge in [-0.25, -0.2) is 4.79 Å². The normalized spacial score (nSPS) is 11.6. The quantitative estimate of drug-likeness (QED) is 0.779. The maximum atomic E-state index is 12.6. The number of amides is 2. The number of nitrogens with one attached hydrogen (secondary N) is 2. The molecule has 0 aliphatic heterocycles. The van der Waals surface area contributed by atoms with E-state index in [9.17, 15) is 14.4 Å². The molecule has 6 nitrogen and oxygen atoms in total. The number of hydrogen-bond donors (Lipinski definition) is 2. The number of anilines is 2. The summed E-state index contributed by atoms with van der Waals surface area (Å²) < 4.78 is 5.32. The monoisotopic (exact) mass is 374 g/mol. The van der Waals surface area contributed by atoms with Gasteiger partial charge in [0, 0.05) is 17.5 Å². The van der Waals surface area contributed by atoms with E-state index in [1.54, 1.807) is 13.0 Å². The van der Waals surface area contributed by atoms with Gasteiger partial charge in [-0.1, -0.05) is 12.1 Å². The van der Waals surface area contributed by atoms with Crippen LogP contribution in [-0.4, -0.2) is 23.9 Å². The summed E-state index contributed by atoms with van der Waals surface area (Å²) >= 11 is 1.30. The minimum atomic E-state index is -0.979. The second-order valence-corrected chi connectivity index (χ2v) is 7.30. The van der Waals surface area contributed by atoms with E-state index in [-0.39, 0.29) is 11.5 Å². The zero-order valence-electron chi connectivity index (χ0n) is 15.4. The molecule has 0 aliphatic rings. The third-order valence-corrected chi connectivity index (χ3v) is 4.94. The number of carbonyl (C=O) groups is 3. The average molecular weight is 374 g/mol. The summed E-state index contributed by atoms with van der Waals surface area (Å²) in [5.74, 6) is -1.33. The zero-order chi connectivity index (χ0) is 19.4. The molecule has 138 valence electrons. The minimum absolute atomic E-state index is 0.273. The first-order valence-electron chi connectivity index (χ1n) is 8.15. The number of thiophene rings is 1. The van der Waals surface area contributed by atoms with E-state index >= 15 is 0 Å². The molecule has 7 heteroatoms. The van der Waals surface area contributed by atoms with Crippen LogP contribution >= 0.6 is 11.3 Å². The summed E-state index contributed by atoms with van der Waals surface area (Å²) in [6, 6.07) is 7.34. The van der Waals surface area contributed by atoms with Crippen molar-refractivity contribution in [3.63, 3.8) is 0 Å². The Morgan fingerprint density at radius 1 is 1.12 bits per heavy atom. The Bertz CT molecular complexity index is 857. The topological polar surface area (TPSA) is 84.5 Å². The Kier molecular flexibility index (Phi) is 6.15. The van der Waals surface area contributed by atoms with Crippen LogP contribution < -0.4 is 10.6 Å². The first kappa shape index (κ1) is 19.7. The van der Waals surface area contributed by atoms with Gasteiger partial charge < -0.3 is 15.4 Å². The molecular formula is C19H22N2O4S. The summed E-state index contributed by atoms with van der Waals surface area (Å²) in [7, 11) is 0. The third-order valence-electron chi connectivity index (χ3n) is 3.82. The van der Waals surface area contributed by atoms with Gasteiger partial charge in [0.25, 0.3) is 5.91 Å². The predicted octanol–water partition coefficient (Wildman–Crippen LogP) is 3.82. The van der Waals surface area contributed by atoms with Crippen LogP contribution in [0.1, 0.15) is 40.2 Å². The van der Waals surface area contributed by atoms with E-state index in [4.69, 9.17) is 4.74 Å². The number of hydrogen-bond acceptors (Lipinski definition) is 5. The lowest BCUT2D eigenvalue weighted by Crippen LogP contribution is -2.30. The van der Waals surface area contributed by atoms with Crippen LogP contribution in [0, 0.1) is 20.8 Å². The van der Waals surface area contributed by atoms with Gasteiger partial charge in [-0.05, 0) is 51.0 Å². The second-order valence-electron chi connectivity index (χ2n) is 6.07. The van der Waals surface area contributed by atoms with Crippen molar-refractivity contribution in [3.05, 3.63) is 45.8 Å². The summed E-state index contributed by atoms with van der Waals surface area (Å²) in [5.41, 5.74) is 2.67. The lowest BCUT2D eigenvalue weighted by molar-refractivity contribution is -0.123. The molecule has 2 aromatic rings. The number of rotatable bonds is 5. The van der Waals surface area contributed by atoms with Crippen LogP contribution in [0.2, 0.25) is 0 Å². The van der Waals surface area contributed by atoms with Gasteiger partial charge in [0.05, 0.1) is 5.56 Å². The van der Waals surface area contributed by atoms with E-state index in [1.807, 2.05) is 32.0 Å². The molecule has 1 heterocycles. The molecule has 0 saturated heterocycles. The highest BCUT2D eigenvalue weighted by Crippen LogP contribution is 2.33. The van der Waals surface area contributed by atoms with Gasteiger partial charge in [0.15, 0.2) is 6.10 Å². The molecule has 0 radical (unpaired) electrons. The van der Waals surface area contributed by atoms with Gasteiger partial charge >= 0.3 is 5.97 Å². The lowest BCUT2D eigenvalue weighted by atomic mass is 10.1. The highest BCUT2D eigenvalue weighted by Gasteiger charge is 2.25. The van der Waals surface area contributed by atoms with Crippen molar-refractivity contribution in [1.29, 1.82) is 0 Å². The van der Waals surface area contributed by atoms with Crippen molar-refractivity contribution in [2.45, 2.75) is 40.7 Å². The SMILES string of the molecule is CC(=O)Nc1sc(C)c(C)c1C(=O)O[C@H](C)C(=O)Nc1cccc(C)c1. The molecule has 2 N–H and O–H groups in total. The standard InChI is InChI=1S/C19H22N2O4S/c1-10-7-6-8-15(9-10)21-17(23)12(3)25-19(24)16-11(2)13(4)26-18(16)20-14(5)22/h6-9,12H,1-5H3,(H,20,22)(H,21,23)/t12-/m1/s1. The Morgan fingerprint density at radius 2 is 1.81 bits per heavy atom. The summed E-state index contributed by atoms with van der Waals surface area (Å²) in [6.07, 6.45) is -0.979. The maximum absolute atomic E-state index is 12.6. The summed E-state index contributed by atoms with van der Waals surface area (Å²) in [6.45, 7) is 8.44. The number of aryl methyl sites for hydroxylation is 2. The van der Waals surface area contributed by atoms with E-state index in [1.165, 1.54) is 25.2 Å². The molecule has 1 aromatic heterocycles. The zero-order valence-corrected chi connectivity index (χ0v) is 16.2. The van der Waals surface area contributed by atoms with E-state index < -0.39 is 18.0 Å². The number of esters is 1. The Morgan fingerprint density at radius 3 is 2.42 bits per heavy atom. The molecule has 0 unspecified atom stereocenters. The van der Waals surface area contributed by atoms with Crippen molar-refractivity contribution in [1.82, 2.24) is 0 Å². The molecule has 2 rings (SSSR count). The van der Waals surface area contributed by atoms with Gasteiger partial charge in [0.1, 0.15) is 5.00 Å². The van der Waals surface area contributed by atoms with Crippen LogP contribution in [0.3, 0.4) is 0 Å². The fourth-order valence-corrected chi connectivity index (χ4v) is 3.45. The van der Waals surface area contributed by atoms with Gasteiger partial charge in [0.2, 0.25) is 5.91 Å². The van der Waals surface area contributed by atoms with Gasteiger partial charge in [-0.2, -0.15) is 0 Å². The van der Waals surface area contributed by atoms with Gasteiger partial charge in [-0.15, -0.1) is 11.3 Å². The van der Waals surface area contributed by atoms with Crippen molar-refractivity contribution in [3.8, 4) is 0 Å². The molecular weight excluding hydrogens is 352 g/mol. The first-order chi connectivity index (χ1) is 12.2. The van der Waals surface area contributed by atoms with Crippen molar-refractivity contribution in [2.75, 3.05) is 10.6 Å². The Hall–Kier alpha value is -2.67. The van der Waals surface area contributed by atoms with Crippen molar-refractivity contribution < 1.29 is 19.1 Å². The predicted molar refractivity (Wildman–Crippen MR) is 103 cm³/mol. The van der Waals surface area contributed by atoms with Crippen LogP contribution in [0.15, 0.2) is 24.3 Å². The van der Waals surface area contributed by atoms with Crippen LogP contribution in [-0.2, 0) is 14.3 Å². The van der Waals surface area contributed by atoms with Crippen molar-refractivity contribution in [2.24, 2.45) is 0 Å². The maximum Gasteiger partial charge on any atom is 0.342 e. The van der Waals surface area contributed by atoms with Crippen LogP contribution in [0.4, 0.5) is 10.7 Å². The molecule has 0 aliphatic carbocycles. The number of ether oxygens (including phenoxy) is 1. The molecule has 1 aromatic carbocycles. The minimum Gasteiger partial charge on any atom is -0.449 e. The molecule has 0 saturated carbocycles. The fraction of sp³-hybridized carbons (Fsp3) is 0.316. The molecule has 0 spiro atoms. The van der Waals surface area contributed by atoms with Crippen LogP contribution in [0.25, 0.3) is 0 Å². The second kappa shape index (κ2) is 8.14. The first-order valence-corrected chi connectivity index (χ1v) is 8.96.